The maximum Gasteiger partial charge on any atom is 0.274 e. The van der Waals surface area contributed by atoms with E-state index in [4.69, 9.17) is 4.42 Å². The third-order valence-corrected chi connectivity index (χ3v) is 5.12. The maximum atomic E-state index is 12.3. The Morgan fingerprint density at radius 1 is 1.35 bits per heavy atom. The molecule has 2 atom stereocenters. The van der Waals surface area contributed by atoms with Crippen LogP contribution in [0, 0.1) is 5.92 Å². The molecule has 2 rings (SSSR count). The van der Waals surface area contributed by atoms with Crippen LogP contribution in [0.3, 0.4) is 0 Å². The van der Waals surface area contributed by atoms with Crippen molar-refractivity contribution >= 4 is 10.0 Å². The van der Waals surface area contributed by atoms with Crippen molar-refractivity contribution in [3.63, 3.8) is 0 Å². The molecule has 1 fully saturated rings. The van der Waals surface area contributed by atoms with Crippen LogP contribution in [0.5, 0.6) is 0 Å². The van der Waals surface area contributed by atoms with Gasteiger partial charge in [-0.05, 0) is 30.9 Å². The lowest BCUT2D eigenvalue weighted by Gasteiger charge is -2.16. The van der Waals surface area contributed by atoms with Crippen LogP contribution >= 0.6 is 0 Å². The lowest BCUT2D eigenvalue weighted by molar-refractivity contribution is 0.388. The summed E-state index contributed by atoms with van der Waals surface area (Å²) in [6.45, 7) is 6.68. The van der Waals surface area contributed by atoms with Gasteiger partial charge in [0.2, 0.25) is 5.09 Å². The summed E-state index contributed by atoms with van der Waals surface area (Å²) >= 11 is 0. The predicted molar refractivity (Wildman–Crippen MR) is 77.8 cm³/mol. The van der Waals surface area contributed by atoms with Crippen LogP contribution in [0.4, 0.5) is 0 Å². The van der Waals surface area contributed by atoms with Gasteiger partial charge >= 0.3 is 0 Å². The van der Waals surface area contributed by atoms with E-state index in [1.165, 1.54) is 6.07 Å². The van der Waals surface area contributed by atoms with Gasteiger partial charge < -0.3 is 9.73 Å². The zero-order valence-corrected chi connectivity index (χ0v) is 13.2. The van der Waals surface area contributed by atoms with Crippen molar-refractivity contribution in [2.45, 2.75) is 63.8 Å². The van der Waals surface area contributed by atoms with Crippen LogP contribution in [0.15, 0.2) is 21.6 Å². The molecule has 0 aliphatic heterocycles. The van der Waals surface area contributed by atoms with Crippen molar-refractivity contribution in [3.8, 4) is 0 Å². The van der Waals surface area contributed by atoms with Crippen LogP contribution in [0.2, 0.25) is 0 Å². The zero-order valence-electron chi connectivity index (χ0n) is 12.3. The van der Waals surface area contributed by atoms with Crippen molar-refractivity contribution in [3.05, 3.63) is 17.9 Å². The van der Waals surface area contributed by atoms with Crippen LogP contribution < -0.4 is 10.0 Å². The van der Waals surface area contributed by atoms with E-state index >= 15 is 0 Å². The van der Waals surface area contributed by atoms with E-state index < -0.39 is 10.0 Å². The number of sulfonamides is 1. The van der Waals surface area contributed by atoms with Crippen LogP contribution in [0.1, 0.15) is 45.8 Å². The SMILES string of the molecule is CC(C)NCc1ccc(S(=O)(=O)NC2CCCC2C)o1. The molecule has 20 heavy (non-hydrogen) atoms. The van der Waals surface area contributed by atoms with Crippen LogP contribution in [0.25, 0.3) is 0 Å². The summed E-state index contributed by atoms with van der Waals surface area (Å²) in [6, 6.07) is 3.60. The minimum Gasteiger partial charge on any atom is -0.447 e. The Bertz CT molecular complexity index is 536. The molecule has 0 bridgehead atoms. The van der Waals surface area contributed by atoms with Gasteiger partial charge in [-0.25, -0.2) is 13.1 Å². The molecule has 0 amide bonds. The van der Waals surface area contributed by atoms with Crippen LogP contribution in [-0.2, 0) is 16.6 Å². The summed E-state index contributed by atoms with van der Waals surface area (Å²) in [6.07, 6.45) is 3.06. The van der Waals surface area contributed by atoms with E-state index in [1.807, 2.05) is 13.8 Å². The number of hydrogen-bond acceptors (Lipinski definition) is 4. The Morgan fingerprint density at radius 2 is 2.10 bits per heavy atom. The second kappa shape index (κ2) is 6.28. The molecule has 0 aromatic carbocycles. The third-order valence-electron chi connectivity index (χ3n) is 3.75. The first kappa shape index (κ1) is 15.5. The number of rotatable bonds is 6. The highest BCUT2D eigenvalue weighted by molar-refractivity contribution is 7.89. The average molecular weight is 300 g/mol. The second-order valence-electron chi connectivity index (χ2n) is 5.89. The largest absolute Gasteiger partial charge is 0.447 e. The summed E-state index contributed by atoms with van der Waals surface area (Å²) in [5.74, 6) is 1.03. The quantitative estimate of drug-likeness (QED) is 0.845. The Morgan fingerprint density at radius 3 is 2.70 bits per heavy atom. The zero-order chi connectivity index (χ0) is 14.8. The van der Waals surface area contributed by atoms with Crippen molar-refractivity contribution in [2.75, 3.05) is 0 Å². The van der Waals surface area contributed by atoms with Gasteiger partial charge in [0.25, 0.3) is 10.0 Å². The summed E-state index contributed by atoms with van der Waals surface area (Å²) < 4.78 is 32.7. The van der Waals surface area contributed by atoms with Crippen LogP contribution in [-0.4, -0.2) is 20.5 Å². The first-order valence-corrected chi connectivity index (χ1v) is 8.71. The molecule has 1 heterocycles. The molecule has 1 aromatic rings. The minimum atomic E-state index is -3.54. The number of hydrogen-bond donors (Lipinski definition) is 2. The summed E-state index contributed by atoms with van der Waals surface area (Å²) in [5.41, 5.74) is 0. The highest BCUT2D eigenvalue weighted by atomic mass is 32.2. The van der Waals surface area contributed by atoms with E-state index in [-0.39, 0.29) is 11.1 Å². The fourth-order valence-corrected chi connectivity index (χ4v) is 3.81. The molecule has 5 nitrogen and oxygen atoms in total. The lowest BCUT2D eigenvalue weighted by Crippen LogP contribution is -2.36. The van der Waals surface area contributed by atoms with Crippen molar-refractivity contribution < 1.29 is 12.8 Å². The molecule has 1 aliphatic carbocycles. The fraction of sp³-hybridized carbons (Fsp3) is 0.714. The molecule has 6 heteroatoms. The monoisotopic (exact) mass is 300 g/mol. The normalized spacial score (nSPS) is 23.6. The van der Waals surface area contributed by atoms with Crippen molar-refractivity contribution in [1.29, 1.82) is 0 Å². The molecule has 2 N–H and O–H groups in total. The number of furan rings is 1. The van der Waals surface area contributed by atoms with Gasteiger partial charge in [0, 0.05) is 12.1 Å². The van der Waals surface area contributed by atoms with Gasteiger partial charge in [-0.1, -0.05) is 27.2 Å². The predicted octanol–water partition coefficient (Wildman–Crippen LogP) is 2.24. The first-order valence-electron chi connectivity index (χ1n) is 7.23. The van der Waals surface area contributed by atoms with Gasteiger partial charge in [0.05, 0.1) is 6.54 Å². The Balaban J connectivity index is 2.02. The molecule has 0 spiro atoms. The molecule has 2 unspecified atom stereocenters. The highest BCUT2D eigenvalue weighted by Gasteiger charge is 2.29. The second-order valence-corrected chi connectivity index (χ2v) is 7.54. The molecule has 114 valence electrons. The topological polar surface area (TPSA) is 71.3 Å². The minimum absolute atomic E-state index is 0.0113. The van der Waals surface area contributed by atoms with E-state index in [2.05, 4.69) is 17.0 Å². The van der Waals surface area contributed by atoms with Gasteiger partial charge in [0.15, 0.2) is 0 Å². The van der Waals surface area contributed by atoms with E-state index in [9.17, 15) is 8.42 Å². The van der Waals surface area contributed by atoms with Gasteiger partial charge in [-0.15, -0.1) is 0 Å². The van der Waals surface area contributed by atoms with Crippen molar-refractivity contribution in [2.24, 2.45) is 5.92 Å². The van der Waals surface area contributed by atoms with E-state index in [1.54, 1.807) is 6.07 Å². The molecular weight excluding hydrogens is 276 g/mol. The maximum absolute atomic E-state index is 12.3. The van der Waals surface area contributed by atoms with E-state index in [0.717, 1.165) is 19.3 Å². The summed E-state index contributed by atoms with van der Waals surface area (Å²) in [4.78, 5) is 0. The molecular formula is C14H24N2O3S. The summed E-state index contributed by atoms with van der Waals surface area (Å²) in [7, 11) is -3.54. The summed E-state index contributed by atoms with van der Waals surface area (Å²) in [5, 5.41) is 3.21. The smallest absolute Gasteiger partial charge is 0.274 e. The molecule has 0 saturated heterocycles. The molecule has 0 radical (unpaired) electrons. The third kappa shape index (κ3) is 3.84. The Labute approximate surface area is 121 Å². The van der Waals surface area contributed by atoms with Gasteiger partial charge in [0.1, 0.15) is 5.76 Å². The standard InChI is InChI=1S/C14H24N2O3S/c1-10(2)15-9-12-7-8-14(19-12)20(17,18)16-13-6-4-5-11(13)3/h7-8,10-11,13,15-16H,4-6,9H2,1-3H3. The lowest BCUT2D eigenvalue weighted by atomic mass is 10.1. The number of nitrogens with one attached hydrogen (secondary N) is 2. The molecule has 1 saturated carbocycles. The highest BCUT2D eigenvalue weighted by Crippen LogP contribution is 2.26. The van der Waals surface area contributed by atoms with Gasteiger partial charge in [-0.3, -0.25) is 0 Å². The van der Waals surface area contributed by atoms with E-state index in [0.29, 0.717) is 24.3 Å². The average Bonchev–Trinajstić information content (AvgIpc) is 2.97. The van der Waals surface area contributed by atoms with Gasteiger partial charge in [-0.2, -0.15) is 0 Å². The molecule has 1 aromatic heterocycles. The Kier molecular flexibility index (Phi) is 4.88. The fourth-order valence-electron chi connectivity index (χ4n) is 2.48. The van der Waals surface area contributed by atoms with Crippen molar-refractivity contribution in [1.82, 2.24) is 10.0 Å². The first-order chi connectivity index (χ1) is 9.38. The Hall–Kier alpha value is -0.850. The molecule has 1 aliphatic rings.